The average Bonchev–Trinajstić information content (AvgIpc) is 3.27. The van der Waals surface area contributed by atoms with Crippen molar-refractivity contribution in [1.82, 2.24) is 10.2 Å². The van der Waals surface area contributed by atoms with Crippen LogP contribution in [0.15, 0.2) is 53.3 Å². The van der Waals surface area contributed by atoms with Gasteiger partial charge in [0.05, 0.1) is 11.8 Å². The van der Waals surface area contributed by atoms with E-state index >= 15 is 0 Å². The Balaban J connectivity index is 1.61. The molecule has 2 heterocycles. The molecule has 2 aromatic rings. The van der Waals surface area contributed by atoms with Gasteiger partial charge in [-0.25, -0.2) is 0 Å². The van der Waals surface area contributed by atoms with Crippen LogP contribution >= 0.6 is 0 Å². The van der Waals surface area contributed by atoms with Crippen LogP contribution in [-0.2, 0) is 11.2 Å². The van der Waals surface area contributed by atoms with Gasteiger partial charge in [-0.05, 0) is 37.8 Å². The second-order valence-corrected chi connectivity index (χ2v) is 6.22. The third-order valence-corrected chi connectivity index (χ3v) is 4.48. The van der Waals surface area contributed by atoms with Crippen molar-refractivity contribution in [1.29, 1.82) is 0 Å². The Hall–Kier alpha value is -2.56. The first-order valence-electron chi connectivity index (χ1n) is 8.32. The van der Waals surface area contributed by atoms with Gasteiger partial charge in [0, 0.05) is 12.6 Å². The van der Waals surface area contributed by atoms with E-state index in [9.17, 15) is 9.59 Å². The number of furan rings is 1. The summed E-state index contributed by atoms with van der Waals surface area (Å²) >= 11 is 0. The van der Waals surface area contributed by atoms with Crippen LogP contribution in [0.4, 0.5) is 0 Å². The summed E-state index contributed by atoms with van der Waals surface area (Å²) in [6.45, 7) is 2.49. The summed E-state index contributed by atoms with van der Waals surface area (Å²) in [4.78, 5) is 26.7. The van der Waals surface area contributed by atoms with Gasteiger partial charge in [-0.2, -0.15) is 0 Å². The van der Waals surface area contributed by atoms with Crippen LogP contribution in [0.2, 0.25) is 0 Å². The van der Waals surface area contributed by atoms with Crippen molar-refractivity contribution >= 4 is 11.8 Å². The fourth-order valence-corrected chi connectivity index (χ4v) is 3.21. The highest BCUT2D eigenvalue weighted by Gasteiger charge is 2.32. The molecule has 1 aliphatic heterocycles. The SMILES string of the molecule is C[C@@H](NC(=O)c1ccoc1)C(=O)N1CCC[C@H]1Cc1ccccc1. The van der Waals surface area contributed by atoms with Crippen LogP contribution < -0.4 is 5.32 Å². The highest BCUT2D eigenvalue weighted by atomic mass is 16.3. The molecule has 2 amide bonds. The van der Waals surface area contributed by atoms with Gasteiger partial charge in [0.25, 0.3) is 5.91 Å². The molecule has 1 N–H and O–H groups in total. The van der Waals surface area contributed by atoms with Crippen molar-refractivity contribution in [3.8, 4) is 0 Å². The van der Waals surface area contributed by atoms with Crippen molar-refractivity contribution in [2.45, 2.75) is 38.3 Å². The lowest BCUT2D eigenvalue weighted by Gasteiger charge is -2.28. The Morgan fingerprint density at radius 1 is 1.29 bits per heavy atom. The van der Waals surface area contributed by atoms with Crippen LogP contribution in [0.1, 0.15) is 35.7 Å². The molecule has 3 rings (SSSR count). The Morgan fingerprint density at radius 2 is 2.08 bits per heavy atom. The van der Waals surface area contributed by atoms with Gasteiger partial charge in [0.2, 0.25) is 5.91 Å². The fourth-order valence-electron chi connectivity index (χ4n) is 3.21. The molecule has 0 saturated carbocycles. The van der Waals surface area contributed by atoms with E-state index in [0.717, 1.165) is 25.8 Å². The number of hydrogen-bond donors (Lipinski definition) is 1. The first kappa shape index (κ1) is 16.3. The predicted molar refractivity (Wildman–Crippen MR) is 90.5 cm³/mol. The number of rotatable bonds is 5. The zero-order chi connectivity index (χ0) is 16.9. The smallest absolute Gasteiger partial charge is 0.255 e. The quantitative estimate of drug-likeness (QED) is 0.919. The second kappa shape index (κ2) is 7.34. The number of likely N-dealkylation sites (tertiary alicyclic amines) is 1. The lowest BCUT2D eigenvalue weighted by atomic mass is 10.0. The molecule has 1 saturated heterocycles. The van der Waals surface area contributed by atoms with Gasteiger partial charge >= 0.3 is 0 Å². The Labute approximate surface area is 141 Å². The van der Waals surface area contributed by atoms with Gasteiger partial charge in [0.15, 0.2) is 0 Å². The average molecular weight is 326 g/mol. The number of carbonyl (C=O) groups is 2. The summed E-state index contributed by atoms with van der Waals surface area (Å²) in [5.74, 6) is -0.311. The molecular weight excluding hydrogens is 304 g/mol. The lowest BCUT2D eigenvalue weighted by molar-refractivity contribution is -0.133. The van der Waals surface area contributed by atoms with Gasteiger partial charge in [-0.15, -0.1) is 0 Å². The topological polar surface area (TPSA) is 62.6 Å². The first-order chi connectivity index (χ1) is 11.6. The molecule has 5 heteroatoms. The molecule has 1 aromatic heterocycles. The summed E-state index contributed by atoms with van der Waals surface area (Å²) < 4.78 is 4.90. The first-order valence-corrected chi connectivity index (χ1v) is 8.32. The molecule has 0 aliphatic carbocycles. The maximum absolute atomic E-state index is 12.7. The number of nitrogens with one attached hydrogen (secondary N) is 1. The van der Waals surface area contributed by atoms with Crippen molar-refractivity contribution in [3.05, 3.63) is 60.1 Å². The zero-order valence-electron chi connectivity index (χ0n) is 13.8. The molecule has 0 bridgehead atoms. The van der Waals surface area contributed by atoms with Crippen LogP contribution in [0, 0.1) is 0 Å². The van der Waals surface area contributed by atoms with Crippen molar-refractivity contribution in [3.63, 3.8) is 0 Å². The molecule has 1 fully saturated rings. The van der Waals surface area contributed by atoms with Gasteiger partial charge < -0.3 is 14.6 Å². The zero-order valence-corrected chi connectivity index (χ0v) is 13.8. The normalized spacial score (nSPS) is 18.4. The number of amides is 2. The van der Waals surface area contributed by atoms with Gasteiger partial charge in [-0.3, -0.25) is 9.59 Å². The van der Waals surface area contributed by atoms with E-state index in [1.54, 1.807) is 13.0 Å². The number of nitrogens with zero attached hydrogens (tertiary/aromatic N) is 1. The third-order valence-electron chi connectivity index (χ3n) is 4.48. The Morgan fingerprint density at radius 3 is 2.79 bits per heavy atom. The van der Waals surface area contributed by atoms with E-state index in [4.69, 9.17) is 4.42 Å². The van der Waals surface area contributed by atoms with Gasteiger partial charge in [0.1, 0.15) is 12.3 Å². The predicted octanol–water partition coefficient (Wildman–Crippen LogP) is 2.63. The van der Waals surface area contributed by atoms with Crippen molar-refractivity contribution in [2.24, 2.45) is 0 Å². The van der Waals surface area contributed by atoms with Gasteiger partial charge in [-0.1, -0.05) is 30.3 Å². The summed E-state index contributed by atoms with van der Waals surface area (Å²) in [6.07, 6.45) is 5.68. The summed E-state index contributed by atoms with van der Waals surface area (Å²) in [5.41, 5.74) is 1.66. The van der Waals surface area contributed by atoms with Crippen LogP contribution in [-0.4, -0.2) is 35.3 Å². The maximum Gasteiger partial charge on any atom is 0.255 e. The Kier molecular flexibility index (Phi) is 4.99. The molecular formula is C19H22N2O3. The molecule has 5 nitrogen and oxygen atoms in total. The molecule has 0 radical (unpaired) electrons. The maximum atomic E-state index is 12.7. The van der Waals surface area contributed by atoms with Crippen molar-refractivity contribution < 1.29 is 14.0 Å². The minimum atomic E-state index is -0.552. The van der Waals surface area contributed by atoms with E-state index < -0.39 is 6.04 Å². The summed E-state index contributed by atoms with van der Waals surface area (Å²) in [5, 5.41) is 2.75. The van der Waals surface area contributed by atoms with E-state index in [1.165, 1.54) is 18.1 Å². The van der Waals surface area contributed by atoms with Crippen LogP contribution in [0.3, 0.4) is 0 Å². The summed E-state index contributed by atoms with van der Waals surface area (Å²) in [7, 11) is 0. The molecule has 126 valence electrons. The highest BCUT2D eigenvalue weighted by Crippen LogP contribution is 2.22. The minimum Gasteiger partial charge on any atom is -0.472 e. The fraction of sp³-hybridized carbons (Fsp3) is 0.368. The lowest BCUT2D eigenvalue weighted by Crippen LogP contribution is -2.49. The van der Waals surface area contributed by atoms with Crippen LogP contribution in [0.5, 0.6) is 0 Å². The van der Waals surface area contributed by atoms with E-state index in [2.05, 4.69) is 17.4 Å². The monoisotopic (exact) mass is 326 g/mol. The second-order valence-electron chi connectivity index (χ2n) is 6.22. The Bertz CT molecular complexity index is 682. The molecule has 1 aromatic carbocycles. The molecule has 1 aliphatic rings. The third kappa shape index (κ3) is 3.67. The molecule has 2 atom stereocenters. The van der Waals surface area contributed by atoms with E-state index in [-0.39, 0.29) is 17.9 Å². The molecule has 0 unspecified atom stereocenters. The number of hydrogen-bond acceptors (Lipinski definition) is 3. The largest absolute Gasteiger partial charge is 0.472 e. The van der Waals surface area contributed by atoms with E-state index in [0.29, 0.717) is 5.56 Å². The van der Waals surface area contributed by atoms with Crippen LogP contribution in [0.25, 0.3) is 0 Å². The van der Waals surface area contributed by atoms with E-state index in [1.807, 2.05) is 23.1 Å². The highest BCUT2D eigenvalue weighted by molar-refractivity contribution is 5.97. The number of carbonyl (C=O) groups excluding carboxylic acids is 2. The summed E-state index contributed by atoms with van der Waals surface area (Å²) in [6, 6.07) is 11.4. The molecule has 0 spiro atoms. The van der Waals surface area contributed by atoms with Crippen molar-refractivity contribution in [2.75, 3.05) is 6.54 Å². The standard InChI is InChI=1S/C19H22N2O3/c1-14(20-18(22)16-9-11-24-13-16)19(23)21-10-5-8-17(21)12-15-6-3-2-4-7-15/h2-4,6-7,9,11,13-14,17H,5,8,10,12H2,1H3,(H,20,22)/t14-,17+/m1/s1. The minimum absolute atomic E-state index is 0.0229. The molecule has 24 heavy (non-hydrogen) atoms. The number of benzene rings is 1.